The van der Waals surface area contributed by atoms with Crippen LogP contribution >= 0.6 is 0 Å². The molecule has 158 valence electrons. The minimum Gasteiger partial charge on any atom is -0.458 e. The summed E-state index contributed by atoms with van der Waals surface area (Å²) in [6.45, 7) is 4.94. The Morgan fingerprint density at radius 2 is 1.66 bits per heavy atom. The molecule has 1 aromatic rings. The van der Waals surface area contributed by atoms with E-state index in [0.29, 0.717) is 22.8 Å². The standard InChI is InChI=1S/C26H36O3/c1-25-14-12-19(27)16-18(25)8-9-20-21-10-11-23(26(21,2)15-13-22(20)25)29-24(28)17-6-4-3-5-7-17/h3-7,18-23,27H,8-16H2,1-2H3/t18-,19-,20+,21+,22-,23-,25+,26-/m0/s1. The minimum absolute atomic E-state index is 0.0554. The zero-order valence-corrected chi connectivity index (χ0v) is 18.0. The summed E-state index contributed by atoms with van der Waals surface area (Å²) in [5.74, 6) is 2.78. The first-order chi connectivity index (χ1) is 13.9. The van der Waals surface area contributed by atoms with Crippen LogP contribution < -0.4 is 0 Å². The Balaban J connectivity index is 1.34. The van der Waals surface area contributed by atoms with Gasteiger partial charge in [-0.15, -0.1) is 0 Å². The van der Waals surface area contributed by atoms with Crippen LogP contribution in [0.1, 0.15) is 82.0 Å². The zero-order valence-electron chi connectivity index (χ0n) is 18.0. The number of rotatable bonds is 2. The van der Waals surface area contributed by atoms with Gasteiger partial charge in [-0.2, -0.15) is 0 Å². The topological polar surface area (TPSA) is 46.5 Å². The van der Waals surface area contributed by atoms with Crippen LogP contribution in [0.15, 0.2) is 30.3 Å². The third-order valence-corrected chi connectivity index (χ3v) is 9.81. The second kappa shape index (κ2) is 7.11. The molecule has 0 radical (unpaired) electrons. The Morgan fingerprint density at radius 3 is 2.45 bits per heavy atom. The lowest BCUT2D eigenvalue weighted by Gasteiger charge is -2.60. The SMILES string of the molecule is C[C@]12CC[C@H]3[C@H](CC[C@H]4C[C@@H](O)CC[C@]43C)[C@H]1CC[C@@H]2OC(=O)c1ccccc1. The largest absolute Gasteiger partial charge is 0.458 e. The summed E-state index contributed by atoms with van der Waals surface area (Å²) >= 11 is 0. The van der Waals surface area contributed by atoms with E-state index in [9.17, 15) is 9.90 Å². The monoisotopic (exact) mass is 396 g/mol. The van der Waals surface area contributed by atoms with Crippen LogP contribution in [0.5, 0.6) is 0 Å². The van der Waals surface area contributed by atoms with Crippen molar-refractivity contribution in [3.8, 4) is 0 Å². The van der Waals surface area contributed by atoms with Gasteiger partial charge in [0.05, 0.1) is 11.7 Å². The fourth-order valence-electron chi connectivity index (χ4n) is 8.15. The van der Waals surface area contributed by atoms with Crippen molar-refractivity contribution < 1.29 is 14.6 Å². The summed E-state index contributed by atoms with van der Waals surface area (Å²) in [6.07, 6.45) is 10.4. The number of esters is 1. The van der Waals surface area contributed by atoms with Gasteiger partial charge in [-0.25, -0.2) is 4.79 Å². The minimum atomic E-state index is -0.156. The van der Waals surface area contributed by atoms with Gasteiger partial charge < -0.3 is 9.84 Å². The van der Waals surface area contributed by atoms with Crippen molar-refractivity contribution in [1.82, 2.24) is 0 Å². The Morgan fingerprint density at radius 1 is 0.931 bits per heavy atom. The quantitative estimate of drug-likeness (QED) is 0.660. The molecule has 0 aliphatic heterocycles. The maximum absolute atomic E-state index is 12.7. The summed E-state index contributed by atoms with van der Waals surface area (Å²) in [4.78, 5) is 12.7. The second-order valence-electron chi connectivity index (χ2n) is 11.0. The van der Waals surface area contributed by atoms with Gasteiger partial charge in [0.25, 0.3) is 0 Å². The fourth-order valence-corrected chi connectivity index (χ4v) is 8.15. The molecule has 4 fully saturated rings. The Kier molecular flexibility index (Phi) is 4.81. The normalized spacial score (nSPS) is 46.3. The molecule has 1 N–H and O–H groups in total. The van der Waals surface area contributed by atoms with Crippen molar-refractivity contribution in [2.45, 2.75) is 83.8 Å². The third-order valence-electron chi connectivity index (χ3n) is 9.81. The maximum Gasteiger partial charge on any atom is 0.338 e. The Hall–Kier alpha value is -1.35. The molecule has 29 heavy (non-hydrogen) atoms. The van der Waals surface area contributed by atoms with Crippen molar-refractivity contribution in [3.63, 3.8) is 0 Å². The van der Waals surface area contributed by atoms with Gasteiger partial charge >= 0.3 is 5.97 Å². The number of hydrogen-bond acceptors (Lipinski definition) is 3. The zero-order chi connectivity index (χ0) is 20.2. The molecule has 0 saturated heterocycles. The van der Waals surface area contributed by atoms with Gasteiger partial charge in [0.15, 0.2) is 0 Å². The van der Waals surface area contributed by atoms with E-state index < -0.39 is 0 Å². The number of benzene rings is 1. The second-order valence-corrected chi connectivity index (χ2v) is 11.0. The molecular weight excluding hydrogens is 360 g/mol. The van der Waals surface area contributed by atoms with Crippen LogP contribution in [-0.2, 0) is 4.74 Å². The maximum atomic E-state index is 12.7. The van der Waals surface area contributed by atoms with Crippen molar-refractivity contribution in [2.75, 3.05) is 0 Å². The predicted molar refractivity (Wildman–Crippen MR) is 113 cm³/mol. The Bertz CT molecular complexity index is 760. The molecule has 3 heteroatoms. The van der Waals surface area contributed by atoms with Crippen LogP contribution in [0.2, 0.25) is 0 Å². The van der Waals surface area contributed by atoms with Crippen molar-refractivity contribution in [1.29, 1.82) is 0 Å². The molecule has 5 rings (SSSR count). The lowest BCUT2D eigenvalue weighted by molar-refractivity contribution is -0.134. The van der Waals surface area contributed by atoms with Gasteiger partial charge in [-0.3, -0.25) is 0 Å². The van der Waals surface area contributed by atoms with E-state index in [4.69, 9.17) is 4.74 Å². The van der Waals surface area contributed by atoms with E-state index in [1.165, 1.54) is 38.5 Å². The molecule has 0 aromatic heterocycles. The van der Waals surface area contributed by atoms with Gasteiger partial charge in [0.2, 0.25) is 0 Å². The van der Waals surface area contributed by atoms with E-state index in [1.807, 2.05) is 30.3 Å². The van der Waals surface area contributed by atoms with E-state index in [0.717, 1.165) is 31.1 Å². The van der Waals surface area contributed by atoms with Crippen molar-refractivity contribution >= 4 is 5.97 Å². The van der Waals surface area contributed by atoms with Gasteiger partial charge in [0.1, 0.15) is 6.10 Å². The van der Waals surface area contributed by atoms with E-state index in [1.54, 1.807) is 0 Å². The smallest absolute Gasteiger partial charge is 0.338 e. The average molecular weight is 397 g/mol. The summed E-state index contributed by atoms with van der Waals surface area (Å²) in [7, 11) is 0. The first-order valence-corrected chi connectivity index (χ1v) is 11.9. The van der Waals surface area contributed by atoms with Gasteiger partial charge in [0, 0.05) is 5.41 Å². The molecule has 0 spiro atoms. The molecule has 4 saturated carbocycles. The lowest BCUT2D eigenvalue weighted by atomic mass is 9.45. The van der Waals surface area contributed by atoms with E-state index in [-0.39, 0.29) is 23.6 Å². The molecule has 4 aliphatic rings. The molecule has 8 atom stereocenters. The summed E-state index contributed by atoms with van der Waals surface area (Å²) in [5.41, 5.74) is 1.20. The number of ether oxygens (including phenoxy) is 1. The summed E-state index contributed by atoms with van der Waals surface area (Å²) < 4.78 is 6.12. The Labute approximate surface area is 175 Å². The molecule has 1 aromatic carbocycles. The number of aliphatic hydroxyl groups excluding tert-OH is 1. The highest BCUT2D eigenvalue weighted by molar-refractivity contribution is 5.89. The number of fused-ring (bicyclic) bond motifs is 5. The first-order valence-electron chi connectivity index (χ1n) is 11.9. The molecule has 3 nitrogen and oxygen atoms in total. The fraction of sp³-hybridized carbons (Fsp3) is 0.731. The van der Waals surface area contributed by atoms with Crippen LogP contribution in [0, 0.1) is 34.5 Å². The number of carbonyl (C=O) groups is 1. The highest BCUT2D eigenvalue weighted by Gasteiger charge is 2.61. The van der Waals surface area contributed by atoms with Gasteiger partial charge in [-0.1, -0.05) is 32.0 Å². The predicted octanol–water partition coefficient (Wildman–Crippen LogP) is 5.62. The number of carbonyl (C=O) groups excluding carboxylic acids is 1. The van der Waals surface area contributed by atoms with Crippen molar-refractivity contribution in [3.05, 3.63) is 35.9 Å². The summed E-state index contributed by atoms with van der Waals surface area (Å²) in [6, 6.07) is 9.45. The highest BCUT2D eigenvalue weighted by Crippen LogP contribution is 2.66. The molecule has 0 bridgehead atoms. The molecule has 4 aliphatic carbocycles. The first kappa shape index (κ1) is 19.6. The average Bonchev–Trinajstić information content (AvgIpc) is 3.05. The van der Waals surface area contributed by atoms with E-state index in [2.05, 4.69) is 13.8 Å². The van der Waals surface area contributed by atoms with Crippen LogP contribution in [0.25, 0.3) is 0 Å². The summed E-state index contributed by atoms with van der Waals surface area (Å²) in [5, 5.41) is 10.2. The number of hydrogen-bond donors (Lipinski definition) is 1. The molecule has 0 heterocycles. The molecular formula is C26H36O3. The van der Waals surface area contributed by atoms with Crippen LogP contribution in [0.3, 0.4) is 0 Å². The lowest BCUT2D eigenvalue weighted by Crippen LogP contribution is -2.54. The third kappa shape index (κ3) is 3.07. The molecule has 0 unspecified atom stereocenters. The van der Waals surface area contributed by atoms with Gasteiger partial charge in [-0.05, 0) is 99.0 Å². The van der Waals surface area contributed by atoms with Crippen LogP contribution in [-0.4, -0.2) is 23.3 Å². The van der Waals surface area contributed by atoms with E-state index >= 15 is 0 Å². The van der Waals surface area contributed by atoms with Crippen molar-refractivity contribution in [2.24, 2.45) is 34.5 Å². The molecule has 0 amide bonds. The highest BCUT2D eigenvalue weighted by atomic mass is 16.5. The number of aliphatic hydroxyl groups is 1. The van der Waals surface area contributed by atoms with Crippen LogP contribution in [0.4, 0.5) is 0 Å².